The standard InChI is InChI=1S/C16H16O4/c1-10-5-4-6-13(15(10)16(17)18)12-8-7-11(19-2)9-14(12)20-3/h4-9H,1-3H3,(H,17,18). The highest BCUT2D eigenvalue weighted by Crippen LogP contribution is 2.36. The zero-order valence-corrected chi connectivity index (χ0v) is 11.6. The average Bonchev–Trinajstić information content (AvgIpc) is 2.45. The molecule has 4 nitrogen and oxygen atoms in total. The average molecular weight is 272 g/mol. The van der Waals surface area contributed by atoms with Gasteiger partial charge in [-0.2, -0.15) is 0 Å². The summed E-state index contributed by atoms with van der Waals surface area (Å²) >= 11 is 0. The largest absolute Gasteiger partial charge is 0.497 e. The Hall–Kier alpha value is -2.49. The van der Waals surface area contributed by atoms with E-state index in [-0.39, 0.29) is 5.56 Å². The molecular formula is C16H16O4. The van der Waals surface area contributed by atoms with Crippen molar-refractivity contribution in [1.82, 2.24) is 0 Å². The number of methoxy groups -OCH3 is 2. The maximum absolute atomic E-state index is 11.5. The summed E-state index contributed by atoms with van der Waals surface area (Å²) in [6.07, 6.45) is 0. The molecule has 2 aromatic carbocycles. The van der Waals surface area contributed by atoms with Gasteiger partial charge in [-0.1, -0.05) is 18.2 Å². The Kier molecular flexibility index (Phi) is 3.94. The van der Waals surface area contributed by atoms with Crippen LogP contribution in [-0.2, 0) is 0 Å². The molecule has 0 amide bonds. The molecule has 104 valence electrons. The predicted octanol–water partition coefficient (Wildman–Crippen LogP) is 3.38. The van der Waals surface area contributed by atoms with E-state index >= 15 is 0 Å². The molecule has 0 fully saturated rings. The van der Waals surface area contributed by atoms with Crippen LogP contribution in [0.15, 0.2) is 36.4 Å². The number of rotatable bonds is 4. The third-order valence-corrected chi connectivity index (χ3v) is 3.19. The quantitative estimate of drug-likeness (QED) is 0.927. The third kappa shape index (κ3) is 2.45. The van der Waals surface area contributed by atoms with Gasteiger partial charge in [0.1, 0.15) is 11.5 Å². The lowest BCUT2D eigenvalue weighted by Crippen LogP contribution is -2.03. The summed E-state index contributed by atoms with van der Waals surface area (Å²) in [5.41, 5.74) is 2.37. The third-order valence-electron chi connectivity index (χ3n) is 3.19. The second-order valence-corrected chi connectivity index (χ2v) is 4.37. The van der Waals surface area contributed by atoms with E-state index in [4.69, 9.17) is 9.47 Å². The van der Waals surface area contributed by atoms with Gasteiger partial charge in [-0.15, -0.1) is 0 Å². The monoisotopic (exact) mass is 272 g/mol. The zero-order valence-electron chi connectivity index (χ0n) is 11.6. The van der Waals surface area contributed by atoms with Crippen molar-refractivity contribution in [3.8, 4) is 22.6 Å². The van der Waals surface area contributed by atoms with Crippen molar-refractivity contribution in [3.05, 3.63) is 47.5 Å². The van der Waals surface area contributed by atoms with E-state index in [1.165, 1.54) is 0 Å². The molecule has 4 heteroatoms. The zero-order chi connectivity index (χ0) is 14.7. The number of hydrogen-bond donors (Lipinski definition) is 1. The number of carbonyl (C=O) groups is 1. The molecule has 0 aliphatic rings. The molecule has 0 saturated carbocycles. The van der Waals surface area contributed by atoms with E-state index in [1.807, 2.05) is 6.07 Å². The van der Waals surface area contributed by atoms with Gasteiger partial charge in [0.15, 0.2) is 0 Å². The van der Waals surface area contributed by atoms with Crippen LogP contribution in [-0.4, -0.2) is 25.3 Å². The van der Waals surface area contributed by atoms with Gasteiger partial charge in [0, 0.05) is 17.2 Å². The van der Waals surface area contributed by atoms with Crippen LogP contribution in [0.25, 0.3) is 11.1 Å². The summed E-state index contributed by atoms with van der Waals surface area (Å²) in [6.45, 7) is 1.78. The normalized spacial score (nSPS) is 10.2. The molecule has 2 aromatic rings. The van der Waals surface area contributed by atoms with Crippen LogP contribution < -0.4 is 9.47 Å². The Morgan fingerprint density at radius 3 is 2.40 bits per heavy atom. The summed E-state index contributed by atoms with van der Waals surface area (Å²) < 4.78 is 10.5. The van der Waals surface area contributed by atoms with Gasteiger partial charge in [-0.05, 0) is 24.6 Å². The smallest absolute Gasteiger partial charge is 0.336 e. The highest BCUT2D eigenvalue weighted by Gasteiger charge is 2.17. The lowest BCUT2D eigenvalue weighted by Gasteiger charge is -2.13. The van der Waals surface area contributed by atoms with Crippen molar-refractivity contribution in [2.75, 3.05) is 14.2 Å². The molecule has 20 heavy (non-hydrogen) atoms. The highest BCUT2D eigenvalue weighted by atomic mass is 16.5. The van der Waals surface area contributed by atoms with E-state index in [2.05, 4.69) is 0 Å². The van der Waals surface area contributed by atoms with Crippen LogP contribution in [0.3, 0.4) is 0 Å². The van der Waals surface area contributed by atoms with E-state index in [0.29, 0.717) is 22.6 Å². The van der Waals surface area contributed by atoms with Gasteiger partial charge in [0.25, 0.3) is 0 Å². The first-order chi connectivity index (χ1) is 9.58. The molecule has 2 rings (SSSR count). The van der Waals surface area contributed by atoms with Crippen LogP contribution in [0.4, 0.5) is 0 Å². The number of carboxylic acid groups (broad SMARTS) is 1. The molecule has 0 saturated heterocycles. The Bertz CT molecular complexity index is 647. The summed E-state index contributed by atoms with van der Waals surface area (Å²) in [4.78, 5) is 11.5. The molecule has 0 radical (unpaired) electrons. The Balaban J connectivity index is 2.68. The second kappa shape index (κ2) is 5.65. The lowest BCUT2D eigenvalue weighted by molar-refractivity contribution is 0.0697. The molecule has 0 aromatic heterocycles. The highest BCUT2D eigenvalue weighted by molar-refractivity contribution is 5.98. The van der Waals surface area contributed by atoms with Crippen molar-refractivity contribution in [2.24, 2.45) is 0 Å². The van der Waals surface area contributed by atoms with E-state index in [0.717, 1.165) is 5.56 Å². The fraction of sp³-hybridized carbons (Fsp3) is 0.188. The van der Waals surface area contributed by atoms with Crippen molar-refractivity contribution in [3.63, 3.8) is 0 Å². The Morgan fingerprint density at radius 2 is 1.80 bits per heavy atom. The molecule has 0 aliphatic heterocycles. The summed E-state index contributed by atoms with van der Waals surface area (Å²) in [6, 6.07) is 10.7. The minimum absolute atomic E-state index is 0.288. The fourth-order valence-electron chi connectivity index (χ4n) is 2.20. The minimum atomic E-state index is -0.948. The molecular weight excluding hydrogens is 256 g/mol. The molecule has 0 bridgehead atoms. The van der Waals surface area contributed by atoms with Crippen molar-refractivity contribution in [2.45, 2.75) is 6.92 Å². The van der Waals surface area contributed by atoms with Crippen molar-refractivity contribution in [1.29, 1.82) is 0 Å². The lowest BCUT2D eigenvalue weighted by atomic mass is 9.95. The maximum Gasteiger partial charge on any atom is 0.336 e. The molecule has 1 N–H and O–H groups in total. The van der Waals surface area contributed by atoms with E-state index < -0.39 is 5.97 Å². The van der Waals surface area contributed by atoms with E-state index in [9.17, 15) is 9.90 Å². The Labute approximate surface area is 117 Å². The van der Waals surface area contributed by atoms with Crippen molar-refractivity contribution >= 4 is 5.97 Å². The summed E-state index contributed by atoms with van der Waals surface area (Å²) in [5, 5.41) is 9.41. The van der Waals surface area contributed by atoms with Gasteiger partial charge in [0.05, 0.1) is 19.8 Å². The molecule has 0 unspecified atom stereocenters. The molecule has 0 heterocycles. The van der Waals surface area contributed by atoms with Gasteiger partial charge in [-0.25, -0.2) is 4.79 Å². The van der Waals surface area contributed by atoms with Gasteiger partial charge in [0.2, 0.25) is 0 Å². The van der Waals surface area contributed by atoms with Gasteiger partial charge >= 0.3 is 5.97 Å². The minimum Gasteiger partial charge on any atom is -0.497 e. The first-order valence-corrected chi connectivity index (χ1v) is 6.13. The van der Waals surface area contributed by atoms with Gasteiger partial charge < -0.3 is 14.6 Å². The van der Waals surface area contributed by atoms with Crippen molar-refractivity contribution < 1.29 is 19.4 Å². The number of hydrogen-bond acceptors (Lipinski definition) is 3. The van der Waals surface area contributed by atoms with Crippen LogP contribution in [0.2, 0.25) is 0 Å². The first-order valence-electron chi connectivity index (χ1n) is 6.13. The SMILES string of the molecule is COc1ccc(-c2cccc(C)c2C(=O)O)c(OC)c1. The molecule has 0 atom stereocenters. The Morgan fingerprint density at radius 1 is 1.05 bits per heavy atom. The second-order valence-electron chi connectivity index (χ2n) is 4.37. The first kappa shape index (κ1) is 13.9. The fourth-order valence-corrected chi connectivity index (χ4v) is 2.20. The number of benzene rings is 2. The van der Waals surface area contributed by atoms with E-state index in [1.54, 1.807) is 51.5 Å². The van der Waals surface area contributed by atoms with Crippen LogP contribution in [0, 0.1) is 6.92 Å². The van der Waals surface area contributed by atoms with Crippen LogP contribution >= 0.6 is 0 Å². The number of carboxylic acids is 1. The van der Waals surface area contributed by atoms with Gasteiger partial charge in [-0.3, -0.25) is 0 Å². The number of ether oxygens (including phenoxy) is 2. The molecule has 0 spiro atoms. The number of aryl methyl sites for hydroxylation is 1. The van der Waals surface area contributed by atoms with Crippen LogP contribution in [0.1, 0.15) is 15.9 Å². The predicted molar refractivity (Wildman–Crippen MR) is 76.7 cm³/mol. The van der Waals surface area contributed by atoms with Crippen LogP contribution in [0.5, 0.6) is 11.5 Å². The maximum atomic E-state index is 11.5. The molecule has 0 aliphatic carbocycles. The summed E-state index contributed by atoms with van der Waals surface area (Å²) in [7, 11) is 3.12. The topological polar surface area (TPSA) is 55.8 Å². The number of aromatic carboxylic acids is 1. The summed E-state index contributed by atoms with van der Waals surface area (Å²) in [5.74, 6) is 0.295.